The van der Waals surface area contributed by atoms with Crippen molar-refractivity contribution in [3.8, 4) is 0 Å². The Bertz CT molecular complexity index is 751. The van der Waals surface area contributed by atoms with Crippen molar-refractivity contribution in [2.24, 2.45) is 5.73 Å². The molecule has 0 radical (unpaired) electrons. The number of thiophene rings is 1. The maximum Gasteiger partial charge on any atom is 0.273 e. The van der Waals surface area contributed by atoms with Crippen LogP contribution in [0.4, 0.5) is 5.13 Å². The third-order valence-corrected chi connectivity index (χ3v) is 5.76. The minimum atomic E-state index is -3.70. The van der Waals surface area contributed by atoms with Crippen LogP contribution in [0.5, 0.6) is 0 Å². The average molecular weight is 346 g/mol. The Morgan fingerprint density at radius 3 is 2.71 bits per heavy atom. The normalized spacial score (nSPS) is 11.0. The van der Waals surface area contributed by atoms with Gasteiger partial charge in [0, 0.05) is 5.38 Å². The molecule has 0 saturated carbocycles. The lowest BCUT2D eigenvalue weighted by Gasteiger charge is -2.01. The summed E-state index contributed by atoms with van der Waals surface area (Å²) in [6.07, 6.45) is 0. The molecule has 112 valence electrons. The summed E-state index contributed by atoms with van der Waals surface area (Å²) in [5, 5.41) is 5.34. The second-order valence-corrected chi connectivity index (χ2v) is 7.44. The number of anilines is 1. The van der Waals surface area contributed by atoms with Crippen LogP contribution in [0.3, 0.4) is 0 Å². The quantitative estimate of drug-likeness (QED) is 0.688. The molecule has 11 heteroatoms. The van der Waals surface area contributed by atoms with Crippen molar-refractivity contribution in [3.05, 3.63) is 28.6 Å². The summed E-state index contributed by atoms with van der Waals surface area (Å²) in [5.74, 6) is -1.29. The Balaban J connectivity index is 2.07. The van der Waals surface area contributed by atoms with Crippen LogP contribution in [-0.2, 0) is 14.8 Å². The highest BCUT2D eigenvalue weighted by Crippen LogP contribution is 2.22. The zero-order chi connectivity index (χ0) is 15.5. The van der Waals surface area contributed by atoms with Gasteiger partial charge in [-0.15, -0.1) is 22.7 Å². The van der Waals surface area contributed by atoms with Crippen molar-refractivity contribution in [1.82, 2.24) is 10.3 Å². The van der Waals surface area contributed by atoms with Gasteiger partial charge < -0.3 is 11.1 Å². The Kier molecular flexibility index (Phi) is 4.55. The Morgan fingerprint density at radius 1 is 1.33 bits per heavy atom. The highest BCUT2D eigenvalue weighted by Gasteiger charge is 2.18. The molecule has 2 aromatic heterocycles. The lowest BCUT2D eigenvalue weighted by atomic mass is 10.4. The van der Waals surface area contributed by atoms with Gasteiger partial charge >= 0.3 is 0 Å². The summed E-state index contributed by atoms with van der Waals surface area (Å²) in [6.45, 7) is -0.313. The van der Waals surface area contributed by atoms with Gasteiger partial charge in [0.25, 0.3) is 15.9 Å². The maximum atomic E-state index is 12.0. The van der Waals surface area contributed by atoms with Gasteiger partial charge in [0.1, 0.15) is 9.90 Å². The number of hydrogen-bond donors (Lipinski definition) is 3. The van der Waals surface area contributed by atoms with Crippen LogP contribution in [0.1, 0.15) is 10.5 Å². The predicted molar refractivity (Wildman–Crippen MR) is 78.8 cm³/mol. The number of nitrogens with one attached hydrogen (secondary N) is 2. The van der Waals surface area contributed by atoms with Gasteiger partial charge in [0.05, 0.1) is 6.54 Å². The Morgan fingerprint density at radius 2 is 2.10 bits per heavy atom. The first-order valence-corrected chi connectivity index (χ1v) is 8.71. The Labute approximate surface area is 128 Å². The molecule has 0 aliphatic rings. The number of hydrogen-bond acceptors (Lipinski definition) is 7. The van der Waals surface area contributed by atoms with E-state index >= 15 is 0 Å². The lowest BCUT2D eigenvalue weighted by molar-refractivity contribution is -0.117. The summed E-state index contributed by atoms with van der Waals surface area (Å²) >= 11 is 2.03. The van der Waals surface area contributed by atoms with Gasteiger partial charge in [-0.05, 0) is 11.4 Å². The van der Waals surface area contributed by atoms with Crippen molar-refractivity contribution >= 4 is 49.6 Å². The van der Waals surface area contributed by atoms with E-state index in [1.165, 1.54) is 11.4 Å². The van der Waals surface area contributed by atoms with Crippen molar-refractivity contribution < 1.29 is 18.0 Å². The SMILES string of the molecule is NC(=O)CNC(=O)c1csc(NS(=O)(=O)c2cccs2)n1. The largest absolute Gasteiger partial charge is 0.368 e. The molecular formula is C10H10N4O4S3. The number of rotatable bonds is 6. The van der Waals surface area contributed by atoms with Crippen LogP contribution in [0, 0.1) is 0 Å². The number of nitrogens with two attached hydrogens (primary N) is 1. The summed E-state index contributed by atoms with van der Waals surface area (Å²) in [6, 6.07) is 3.07. The first-order valence-electron chi connectivity index (χ1n) is 5.47. The van der Waals surface area contributed by atoms with E-state index in [0.29, 0.717) is 0 Å². The second-order valence-electron chi connectivity index (χ2n) is 3.72. The maximum absolute atomic E-state index is 12.0. The molecule has 2 amide bonds. The molecule has 0 fully saturated rings. The number of aromatic nitrogens is 1. The van der Waals surface area contributed by atoms with Gasteiger partial charge in [-0.25, -0.2) is 13.4 Å². The fourth-order valence-electron chi connectivity index (χ4n) is 1.26. The van der Waals surface area contributed by atoms with Crippen LogP contribution in [0.25, 0.3) is 0 Å². The number of carbonyl (C=O) groups excluding carboxylic acids is 2. The van der Waals surface area contributed by atoms with Gasteiger partial charge in [0.2, 0.25) is 5.91 Å². The average Bonchev–Trinajstić information content (AvgIpc) is 3.06. The van der Waals surface area contributed by atoms with E-state index in [0.717, 1.165) is 22.7 Å². The standard InChI is InChI=1S/C10H10N4O4S3/c11-7(15)4-12-9(16)6-5-20-10(13-6)14-21(17,18)8-2-1-3-19-8/h1-3,5H,4H2,(H2,11,15)(H,12,16)(H,13,14). The lowest BCUT2D eigenvalue weighted by Crippen LogP contribution is -2.33. The predicted octanol–water partition coefficient (Wildman–Crippen LogP) is 0.220. The zero-order valence-corrected chi connectivity index (χ0v) is 12.8. The minimum Gasteiger partial charge on any atom is -0.368 e. The van der Waals surface area contributed by atoms with Crippen LogP contribution in [0.2, 0.25) is 0 Å². The third kappa shape index (κ3) is 4.00. The first kappa shape index (κ1) is 15.4. The van der Waals surface area contributed by atoms with Gasteiger partial charge in [-0.3, -0.25) is 14.3 Å². The van der Waals surface area contributed by atoms with Crippen LogP contribution >= 0.6 is 22.7 Å². The molecule has 4 N–H and O–H groups in total. The fraction of sp³-hybridized carbons (Fsp3) is 0.100. The van der Waals surface area contributed by atoms with Crippen LogP contribution in [0.15, 0.2) is 27.1 Å². The molecule has 0 aromatic carbocycles. The second kappa shape index (κ2) is 6.20. The molecule has 2 rings (SSSR count). The van der Waals surface area contributed by atoms with Crippen LogP contribution in [-0.4, -0.2) is 31.8 Å². The van der Waals surface area contributed by atoms with Gasteiger partial charge in [-0.1, -0.05) is 6.07 Å². The summed E-state index contributed by atoms with van der Waals surface area (Å²) in [5.41, 5.74) is 4.90. The summed E-state index contributed by atoms with van der Waals surface area (Å²) in [7, 11) is -3.70. The van der Waals surface area contributed by atoms with Crippen molar-refractivity contribution in [2.45, 2.75) is 4.21 Å². The topological polar surface area (TPSA) is 131 Å². The molecule has 0 aliphatic heterocycles. The number of sulfonamides is 1. The van der Waals surface area contributed by atoms with E-state index in [-0.39, 0.29) is 21.6 Å². The monoisotopic (exact) mass is 346 g/mol. The molecule has 0 bridgehead atoms. The number of primary amides is 1. The molecule has 0 atom stereocenters. The fourth-order valence-corrected chi connectivity index (χ4v) is 4.20. The summed E-state index contributed by atoms with van der Waals surface area (Å²) < 4.78 is 26.4. The first-order chi connectivity index (χ1) is 9.88. The van der Waals surface area contributed by atoms with E-state index in [1.54, 1.807) is 11.4 Å². The molecule has 2 aromatic rings. The highest BCUT2D eigenvalue weighted by molar-refractivity contribution is 7.94. The van der Waals surface area contributed by atoms with Crippen LogP contribution < -0.4 is 15.8 Å². The number of amides is 2. The van der Waals surface area contributed by atoms with Crippen molar-refractivity contribution in [2.75, 3.05) is 11.3 Å². The van der Waals surface area contributed by atoms with E-state index in [9.17, 15) is 18.0 Å². The van der Waals surface area contributed by atoms with E-state index in [1.807, 2.05) is 0 Å². The molecule has 8 nitrogen and oxygen atoms in total. The molecule has 21 heavy (non-hydrogen) atoms. The van der Waals surface area contributed by atoms with E-state index < -0.39 is 21.8 Å². The van der Waals surface area contributed by atoms with Gasteiger partial charge in [-0.2, -0.15) is 0 Å². The number of carbonyl (C=O) groups is 2. The number of thiazole rings is 1. The molecular weight excluding hydrogens is 336 g/mol. The number of nitrogens with zero attached hydrogens (tertiary/aromatic N) is 1. The molecule has 2 heterocycles. The minimum absolute atomic E-state index is 0.00475. The molecule has 0 saturated heterocycles. The van der Waals surface area contributed by atoms with E-state index in [2.05, 4.69) is 15.0 Å². The summed E-state index contributed by atoms with van der Waals surface area (Å²) in [4.78, 5) is 26.0. The smallest absolute Gasteiger partial charge is 0.273 e. The van der Waals surface area contributed by atoms with Gasteiger partial charge in [0.15, 0.2) is 5.13 Å². The molecule has 0 unspecified atom stereocenters. The van der Waals surface area contributed by atoms with Crippen molar-refractivity contribution in [1.29, 1.82) is 0 Å². The van der Waals surface area contributed by atoms with E-state index in [4.69, 9.17) is 5.73 Å². The molecule has 0 aliphatic carbocycles. The zero-order valence-electron chi connectivity index (χ0n) is 10.4. The molecule has 0 spiro atoms. The third-order valence-electron chi connectivity index (χ3n) is 2.14. The highest BCUT2D eigenvalue weighted by atomic mass is 32.2. The Hall–Kier alpha value is -1.98. The van der Waals surface area contributed by atoms with Crippen molar-refractivity contribution in [3.63, 3.8) is 0 Å².